The molecule has 0 amide bonds. The topological polar surface area (TPSA) is 38.7 Å². The summed E-state index contributed by atoms with van der Waals surface area (Å²) >= 11 is 0. The molecule has 3 nitrogen and oxygen atoms in total. The molecule has 0 aliphatic heterocycles. The van der Waals surface area contributed by atoms with E-state index in [0.717, 1.165) is 38.1 Å². The SMILES string of the molecule is c1ccc(-c2ccc3c(c2)c2cc(-c4ccccc4)ccc2c2nc(-c4ccccc4)nnc32)cc1. The molecule has 0 unspecified atom stereocenters. The number of aromatic nitrogens is 3. The molecule has 1 heterocycles. The van der Waals surface area contributed by atoms with Gasteiger partial charge >= 0.3 is 0 Å². The first-order valence-corrected chi connectivity index (χ1v) is 12.1. The standard InChI is InChI=1S/C33H21N3/c1-4-10-22(11-5-1)25-16-18-27-29(20-25)30-21-26(23-12-6-2-7-13-23)17-19-28(30)32-31(27)34-33(36-35-32)24-14-8-3-9-15-24/h1-21H. The molecule has 0 atom stereocenters. The minimum Gasteiger partial charge on any atom is -0.224 e. The summed E-state index contributed by atoms with van der Waals surface area (Å²) in [6.07, 6.45) is 0. The van der Waals surface area contributed by atoms with Gasteiger partial charge in [-0.05, 0) is 45.2 Å². The quantitative estimate of drug-likeness (QED) is 0.249. The van der Waals surface area contributed by atoms with Gasteiger partial charge in [0.15, 0.2) is 5.82 Å². The molecule has 3 heteroatoms. The van der Waals surface area contributed by atoms with Gasteiger partial charge in [-0.15, -0.1) is 10.2 Å². The zero-order valence-electron chi connectivity index (χ0n) is 19.5. The van der Waals surface area contributed by atoms with Crippen molar-refractivity contribution < 1.29 is 0 Å². The second kappa shape index (κ2) is 8.40. The molecule has 0 saturated carbocycles. The van der Waals surface area contributed by atoms with Gasteiger partial charge in [-0.25, -0.2) is 4.98 Å². The van der Waals surface area contributed by atoms with E-state index < -0.39 is 0 Å². The molecule has 7 aromatic rings. The summed E-state index contributed by atoms with van der Waals surface area (Å²) in [6, 6.07) is 44.3. The van der Waals surface area contributed by atoms with E-state index in [0.29, 0.717) is 5.82 Å². The van der Waals surface area contributed by atoms with Crippen LogP contribution in [-0.4, -0.2) is 15.2 Å². The molecule has 36 heavy (non-hydrogen) atoms. The Morgan fingerprint density at radius 1 is 0.333 bits per heavy atom. The van der Waals surface area contributed by atoms with E-state index >= 15 is 0 Å². The van der Waals surface area contributed by atoms with Crippen molar-refractivity contribution in [1.29, 1.82) is 0 Å². The Morgan fingerprint density at radius 3 is 1.33 bits per heavy atom. The highest BCUT2D eigenvalue weighted by Crippen LogP contribution is 2.38. The fraction of sp³-hybridized carbons (Fsp3) is 0. The van der Waals surface area contributed by atoms with E-state index in [1.165, 1.54) is 22.3 Å². The predicted octanol–water partition coefficient (Wildman–Crippen LogP) is 8.33. The molecule has 0 spiro atoms. The highest BCUT2D eigenvalue weighted by molar-refractivity contribution is 6.24. The van der Waals surface area contributed by atoms with E-state index in [4.69, 9.17) is 10.1 Å². The van der Waals surface area contributed by atoms with Crippen LogP contribution in [0.15, 0.2) is 127 Å². The van der Waals surface area contributed by atoms with Crippen molar-refractivity contribution in [1.82, 2.24) is 15.2 Å². The summed E-state index contributed by atoms with van der Waals surface area (Å²) < 4.78 is 0. The number of fused-ring (bicyclic) bond motifs is 6. The van der Waals surface area contributed by atoms with Crippen LogP contribution in [0.1, 0.15) is 0 Å². The Bertz CT molecular complexity index is 1860. The van der Waals surface area contributed by atoms with Crippen LogP contribution < -0.4 is 0 Å². The zero-order chi connectivity index (χ0) is 23.9. The Labute approximate surface area is 208 Å². The predicted molar refractivity (Wildman–Crippen MR) is 149 cm³/mol. The zero-order valence-corrected chi connectivity index (χ0v) is 19.5. The van der Waals surface area contributed by atoms with Gasteiger partial charge in [0.2, 0.25) is 0 Å². The van der Waals surface area contributed by atoms with Crippen LogP contribution in [0.3, 0.4) is 0 Å². The minimum absolute atomic E-state index is 0.636. The summed E-state index contributed by atoms with van der Waals surface area (Å²) in [5.41, 5.74) is 7.39. The van der Waals surface area contributed by atoms with Crippen molar-refractivity contribution in [3.63, 3.8) is 0 Å². The van der Waals surface area contributed by atoms with Gasteiger partial charge in [0.1, 0.15) is 11.0 Å². The van der Waals surface area contributed by atoms with Gasteiger partial charge in [-0.3, -0.25) is 0 Å². The summed E-state index contributed by atoms with van der Waals surface area (Å²) in [5.74, 6) is 0.636. The van der Waals surface area contributed by atoms with Gasteiger partial charge < -0.3 is 0 Å². The molecule has 0 aliphatic rings. The molecule has 168 valence electrons. The first kappa shape index (κ1) is 20.5. The van der Waals surface area contributed by atoms with E-state index in [9.17, 15) is 0 Å². The van der Waals surface area contributed by atoms with Crippen LogP contribution >= 0.6 is 0 Å². The Hall–Kier alpha value is -4.89. The van der Waals surface area contributed by atoms with Crippen molar-refractivity contribution in [3.8, 4) is 33.6 Å². The maximum Gasteiger partial charge on any atom is 0.182 e. The average Bonchev–Trinajstić information content (AvgIpc) is 2.98. The fourth-order valence-corrected chi connectivity index (χ4v) is 4.97. The van der Waals surface area contributed by atoms with Crippen LogP contribution in [0.25, 0.3) is 66.2 Å². The molecule has 0 fully saturated rings. The van der Waals surface area contributed by atoms with Crippen molar-refractivity contribution >= 4 is 32.6 Å². The van der Waals surface area contributed by atoms with Crippen LogP contribution in [-0.2, 0) is 0 Å². The number of nitrogens with zero attached hydrogens (tertiary/aromatic N) is 3. The second-order valence-corrected chi connectivity index (χ2v) is 8.95. The summed E-state index contributed by atoms with van der Waals surface area (Å²) in [6.45, 7) is 0. The average molecular weight is 460 g/mol. The molecule has 1 aromatic heterocycles. The Morgan fingerprint density at radius 2 is 0.806 bits per heavy atom. The molecule has 0 aliphatic carbocycles. The van der Waals surface area contributed by atoms with Crippen molar-refractivity contribution in [2.45, 2.75) is 0 Å². The summed E-state index contributed by atoms with van der Waals surface area (Å²) in [7, 11) is 0. The van der Waals surface area contributed by atoms with E-state index in [-0.39, 0.29) is 0 Å². The highest BCUT2D eigenvalue weighted by atomic mass is 15.2. The summed E-state index contributed by atoms with van der Waals surface area (Å²) in [5, 5.41) is 13.7. The normalized spacial score (nSPS) is 11.3. The lowest BCUT2D eigenvalue weighted by Gasteiger charge is -2.13. The summed E-state index contributed by atoms with van der Waals surface area (Å²) in [4.78, 5) is 5.03. The lowest BCUT2D eigenvalue weighted by molar-refractivity contribution is 1.04. The highest BCUT2D eigenvalue weighted by Gasteiger charge is 2.15. The molecule has 0 saturated heterocycles. The van der Waals surface area contributed by atoms with Gasteiger partial charge in [0.05, 0.1) is 0 Å². The third-order valence-electron chi connectivity index (χ3n) is 6.77. The van der Waals surface area contributed by atoms with Crippen LogP contribution in [0.4, 0.5) is 0 Å². The smallest absolute Gasteiger partial charge is 0.182 e. The van der Waals surface area contributed by atoms with E-state index in [1.807, 2.05) is 42.5 Å². The first-order chi connectivity index (χ1) is 17.8. The first-order valence-electron chi connectivity index (χ1n) is 12.1. The molecular weight excluding hydrogens is 438 g/mol. The van der Waals surface area contributed by atoms with Crippen LogP contribution in [0, 0.1) is 0 Å². The third-order valence-corrected chi connectivity index (χ3v) is 6.77. The van der Waals surface area contributed by atoms with Gasteiger partial charge in [-0.1, -0.05) is 115 Å². The fourth-order valence-electron chi connectivity index (χ4n) is 4.97. The van der Waals surface area contributed by atoms with Crippen molar-refractivity contribution in [2.24, 2.45) is 0 Å². The molecular formula is C33H21N3. The number of hydrogen-bond donors (Lipinski definition) is 0. The minimum atomic E-state index is 0.636. The number of benzene rings is 6. The molecule has 0 bridgehead atoms. The van der Waals surface area contributed by atoms with E-state index in [2.05, 4.69) is 90.0 Å². The van der Waals surface area contributed by atoms with Crippen molar-refractivity contribution in [3.05, 3.63) is 127 Å². The largest absolute Gasteiger partial charge is 0.224 e. The van der Waals surface area contributed by atoms with E-state index in [1.54, 1.807) is 0 Å². The Kier molecular flexibility index (Phi) is 4.78. The lowest BCUT2D eigenvalue weighted by Crippen LogP contribution is -1.96. The van der Waals surface area contributed by atoms with Crippen LogP contribution in [0.5, 0.6) is 0 Å². The van der Waals surface area contributed by atoms with Gasteiger partial charge in [-0.2, -0.15) is 0 Å². The van der Waals surface area contributed by atoms with Gasteiger partial charge in [0.25, 0.3) is 0 Å². The molecule has 7 rings (SSSR count). The Balaban J connectivity index is 1.57. The molecule has 0 radical (unpaired) electrons. The number of rotatable bonds is 3. The number of hydrogen-bond acceptors (Lipinski definition) is 3. The van der Waals surface area contributed by atoms with Crippen LogP contribution in [0.2, 0.25) is 0 Å². The molecule has 0 N–H and O–H groups in total. The van der Waals surface area contributed by atoms with Gasteiger partial charge in [0, 0.05) is 16.3 Å². The lowest BCUT2D eigenvalue weighted by atomic mass is 9.93. The second-order valence-electron chi connectivity index (χ2n) is 8.95. The molecule has 6 aromatic carbocycles. The van der Waals surface area contributed by atoms with Crippen molar-refractivity contribution in [2.75, 3.05) is 0 Å². The third kappa shape index (κ3) is 3.41. The maximum absolute atomic E-state index is 5.03. The maximum atomic E-state index is 5.03. The monoisotopic (exact) mass is 459 g/mol.